The molecule has 0 saturated carbocycles. The van der Waals surface area contributed by atoms with Gasteiger partial charge in [-0.3, -0.25) is 4.79 Å². The number of rotatable bonds is 4. The van der Waals surface area contributed by atoms with Gasteiger partial charge in [0.05, 0.1) is 0 Å². The van der Waals surface area contributed by atoms with E-state index < -0.39 is 6.36 Å². The predicted molar refractivity (Wildman–Crippen MR) is 76.7 cm³/mol. The highest BCUT2D eigenvalue weighted by molar-refractivity contribution is 5.75. The van der Waals surface area contributed by atoms with Crippen LogP contribution in [-0.2, 0) is 4.79 Å². The van der Waals surface area contributed by atoms with Gasteiger partial charge in [-0.15, -0.1) is 13.2 Å². The summed E-state index contributed by atoms with van der Waals surface area (Å²) in [5.74, 6) is 0.196. The largest absolute Gasteiger partial charge is 0.573 e. The second-order valence-corrected chi connectivity index (χ2v) is 5.35. The third-order valence-electron chi connectivity index (χ3n) is 3.80. The van der Waals surface area contributed by atoms with Gasteiger partial charge in [-0.1, -0.05) is 0 Å². The Morgan fingerprint density at radius 2 is 1.86 bits per heavy atom. The van der Waals surface area contributed by atoms with Gasteiger partial charge in [-0.25, -0.2) is 0 Å². The highest BCUT2D eigenvalue weighted by Crippen LogP contribution is 2.28. The molecule has 1 saturated heterocycles. The second-order valence-electron chi connectivity index (χ2n) is 5.35. The minimum Gasteiger partial charge on any atom is -0.406 e. The molecule has 1 fully saturated rings. The molecule has 1 aromatic rings. The number of alkyl halides is 3. The van der Waals surface area contributed by atoms with Gasteiger partial charge in [0, 0.05) is 32.2 Å². The number of anilines is 1. The predicted octanol–water partition coefficient (Wildman–Crippen LogP) is 2.94. The number of nitrogens with one attached hydrogen (secondary N) is 1. The van der Waals surface area contributed by atoms with E-state index >= 15 is 0 Å². The molecule has 0 spiro atoms. The molecule has 22 heavy (non-hydrogen) atoms. The van der Waals surface area contributed by atoms with E-state index in [0.717, 1.165) is 31.6 Å². The minimum atomic E-state index is -4.67. The maximum Gasteiger partial charge on any atom is 0.573 e. The van der Waals surface area contributed by atoms with Gasteiger partial charge in [0.2, 0.25) is 5.91 Å². The van der Waals surface area contributed by atoms with Crippen molar-refractivity contribution in [3.8, 4) is 5.75 Å². The fraction of sp³-hybridized carbons (Fsp3) is 0.533. The van der Waals surface area contributed by atoms with Crippen LogP contribution in [0.4, 0.5) is 18.9 Å². The number of carbonyl (C=O) groups excluding carboxylic acids is 1. The summed E-state index contributed by atoms with van der Waals surface area (Å²) in [5.41, 5.74) is 0.868. The Hall–Kier alpha value is -1.92. The first-order valence-electron chi connectivity index (χ1n) is 7.19. The quantitative estimate of drug-likeness (QED) is 0.928. The van der Waals surface area contributed by atoms with Gasteiger partial charge in [0.1, 0.15) is 5.75 Å². The number of benzene rings is 1. The molecule has 0 aromatic heterocycles. The van der Waals surface area contributed by atoms with Crippen molar-refractivity contribution in [1.29, 1.82) is 0 Å². The van der Waals surface area contributed by atoms with Crippen LogP contribution in [-0.4, -0.2) is 32.4 Å². The van der Waals surface area contributed by atoms with Crippen molar-refractivity contribution in [1.82, 2.24) is 5.32 Å². The highest BCUT2D eigenvalue weighted by Gasteiger charge is 2.31. The lowest BCUT2D eigenvalue weighted by Crippen LogP contribution is -2.35. The monoisotopic (exact) mass is 316 g/mol. The molecule has 1 amide bonds. The zero-order chi connectivity index (χ0) is 16.2. The van der Waals surface area contributed by atoms with Crippen LogP contribution in [0.1, 0.15) is 19.3 Å². The van der Waals surface area contributed by atoms with Gasteiger partial charge in [-0.2, -0.15) is 0 Å². The third kappa shape index (κ3) is 4.82. The molecule has 1 aromatic carbocycles. The van der Waals surface area contributed by atoms with E-state index in [1.54, 1.807) is 19.2 Å². The summed E-state index contributed by atoms with van der Waals surface area (Å²) in [6.07, 6.45) is -2.34. The maximum absolute atomic E-state index is 12.1. The third-order valence-corrected chi connectivity index (χ3v) is 3.80. The Labute approximate surface area is 127 Å². The van der Waals surface area contributed by atoms with Crippen LogP contribution >= 0.6 is 0 Å². The molecule has 1 aliphatic heterocycles. The fourth-order valence-corrected chi connectivity index (χ4v) is 2.62. The zero-order valence-corrected chi connectivity index (χ0v) is 12.3. The molecule has 1 aliphatic rings. The normalized spacial score (nSPS) is 16.5. The molecule has 0 atom stereocenters. The molecule has 7 heteroatoms. The Bertz CT molecular complexity index is 495. The first kappa shape index (κ1) is 16.5. The number of ether oxygens (including phenoxy) is 1. The Morgan fingerprint density at radius 1 is 1.27 bits per heavy atom. The minimum absolute atomic E-state index is 0.0482. The molecule has 1 heterocycles. The first-order chi connectivity index (χ1) is 10.4. The average Bonchev–Trinajstić information content (AvgIpc) is 2.47. The second kappa shape index (κ2) is 6.89. The van der Waals surface area contributed by atoms with Crippen molar-refractivity contribution < 1.29 is 22.7 Å². The van der Waals surface area contributed by atoms with Crippen LogP contribution in [0.25, 0.3) is 0 Å². The summed E-state index contributed by atoms with van der Waals surface area (Å²) < 4.78 is 40.2. The van der Waals surface area contributed by atoms with Crippen LogP contribution < -0.4 is 15.0 Å². The van der Waals surface area contributed by atoms with Gasteiger partial charge in [0.15, 0.2) is 0 Å². The van der Waals surface area contributed by atoms with Gasteiger partial charge < -0.3 is 15.0 Å². The lowest BCUT2D eigenvalue weighted by molar-refractivity contribution is -0.274. The first-order valence-corrected chi connectivity index (χ1v) is 7.19. The fourth-order valence-electron chi connectivity index (χ4n) is 2.62. The van der Waals surface area contributed by atoms with Crippen molar-refractivity contribution in [2.45, 2.75) is 25.6 Å². The Morgan fingerprint density at radius 3 is 2.36 bits per heavy atom. The molecule has 0 aliphatic carbocycles. The average molecular weight is 316 g/mol. The number of nitrogens with zero attached hydrogens (tertiary/aromatic N) is 1. The van der Waals surface area contributed by atoms with E-state index in [9.17, 15) is 18.0 Å². The summed E-state index contributed by atoms with van der Waals surface area (Å²) in [7, 11) is 1.63. The van der Waals surface area contributed by atoms with Crippen molar-refractivity contribution in [2.24, 2.45) is 5.92 Å². The smallest absolute Gasteiger partial charge is 0.406 e. The SMILES string of the molecule is CNC(=O)CC1CCN(c2ccc(OC(F)(F)F)cc2)CC1. The summed E-state index contributed by atoms with van der Waals surface area (Å²) in [5, 5.41) is 2.62. The number of amides is 1. The molecule has 122 valence electrons. The summed E-state index contributed by atoms with van der Waals surface area (Å²) in [6.45, 7) is 1.59. The summed E-state index contributed by atoms with van der Waals surface area (Å²) >= 11 is 0. The molecular formula is C15H19F3N2O2. The topological polar surface area (TPSA) is 41.6 Å². The Kier molecular flexibility index (Phi) is 5.15. The standard InChI is InChI=1S/C15H19F3N2O2/c1-19-14(21)10-11-6-8-20(9-7-11)12-2-4-13(5-3-12)22-15(16,17)18/h2-5,11H,6-10H2,1H3,(H,19,21). The lowest BCUT2D eigenvalue weighted by atomic mass is 9.93. The van der Waals surface area contributed by atoms with E-state index in [1.165, 1.54) is 12.1 Å². The van der Waals surface area contributed by atoms with Gasteiger partial charge in [-0.05, 0) is 43.0 Å². The number of halogens is 3. The molecule has 2 rings (SSSR count). The Balaban J connectivity index is 1.87. The van der Waals surface area contributed by atoms with E-state index in [4.69, 9.17) is 0 Å². The van der Waals surface area contributed by atoms with Crippen LogP contribution in [0.5, 0.6) is 5.75 Å². The van der Waals surface area contributed by atoms with E-state index in [0.29, 0.717) is 12.3 Å². The van der Waals surface area contributed by atoms with Gasteiger partial charge >= 0.3 is 6.36 Å². The lowest BCUT2D eigenvalue weighted by Gasteiger charge is -2.33. The van der Waals surface area contributed by atoms with Crippen molar-refractivity contribution >= 4 is 11.6 Å². The van der Waals surface area contributed by atoms with Crippen LogP contribution in [0.2, 0.25) is 0 Å². The van der Waals surface area contributed by atoms with E-state index in [-0.39, 0.29) is 11.7 Å². The van der Waals surface area contributed by atoms with Crippen molar-refractivity contribution in [3.05, 3.63) is 24.3 Å². The van der Waals surface area contributed by atoms with Crippen molar-refractivity contribution in [3.63, 3.8) is 0 Å². The van der Waals surface area contributed by atoms with Crippen LogP contribution in [0.3, 0.4) is 0 Å². The molecule has 1 N–H and O–H groups in total. The van der Waals surface area contributed by atoms with Crippen LogP contribution in [0.15, 0.2) is 24.3 Å². The van der Waals surface area contributed by atoms with Crippen molar-refractivity contribution in [2.75, 3.05) is 25.0 Å². The molecule has 0 unspecified atom stereocenters. The molecule has 0 bridgehead atoms. The summed E-state index contributed by atoms with van der Waals surface area (Å²) in [6, 6.07) is 5.89. The molecular weight excluding hydrogens is 297 g/mol. The molecule has 0 radical (unpaired) electrons. The maximum atomic E-state index is 12.1. The molecule has 4 nitrogen and oxygen atoms in total. The van der Waals surface area contributed by atoms with E-state index in [1.807, 2.05) is 0 Å². The van der Waals surface area contributed by atoms with E-state index in [2.05, 4.69) is 15.0 Å². The van der Waals surface area contributed by atoms with Gasteiger partial charge in [0.25, 0.3) is 0 Å². The van der Waals surface area contributed by atoms with Crippen LogP contribution in [0, 0.1) is 5.92 Å². The summed E-state index contributed by atoms with van der Waals surface area (Å²) in [4.78, 5) is 13.5. The number of carbonyl (C=O) groups is 1. The number of hydrogen-bond acceptors (Lipinski definition) is 3. The number of piperidine rings is 1. The highest BCUT2D eigenvalue weighted by atomic mass is 19.4. The number of hydrogen-bond donors (Lipinski definition) is 1. The zero-order valence-electron chi connectivity index (χ0n) is 12.3.